The highest BCUT2D eigenvalue weighted by molar-refractivity contribution is 5.25. The van der Waals surface area contributed by atoms with Gasteiger partial charge in [-0.1, -0.05) is 98.8 Å². The van der Waals surface area contributed by atoms with Crippen molar-refractivity contribution in [2.45, 2.75) is 177 Å². The van der Waals surface area contributed by atoms with Crippen LogP contribution in [0, 0.1) is 45.8 Å². The number of fused-ring (bicyclic) bond motifs is 5. The van der Waals surface area contributed by atoms with Gasteiger partial charge in [0.15, 0.2) is 0 Å². The van der Waals surface area contributed by atoms with Crippen molar-refractivity contribution in [3.63, 3.8) is 0 Å². The van der Waals surface area contributed by atoms with Crippen LogP contribution in [0.2, 0.25) is 0 Å². The van der Waals surface area contributed by atoms with Gasteiger partial charge in [0.1, 0.15) is 6.10 Å². The minimum absolute atomic E-state index is 0.358. The van der Waals surface area contributed by atoms with Gasteiger partial charge in [-0.25, -0.2) is 0 Å². The van der Waals surface area contributed by atoms with Crippen molar-refractivity contribution in [1.82, 2.24) is 5.32 Å². The van der Waals surface area contributed by atoms with E-state index >= 15 is 0 Å². The molecule has 4 aliphatic rings. The van der Waals surface area contributed by atoms with Crippen LogP contribution in [0.1, 0.15) is 170 Å². The molecule has 1 N–H and O–H groups in total. The Kier molecular flexibility index (Phi) is 12.8. The molecule has 7 unspecified atom stereocenters. The van der Waals surface area contributed by atoms with Crippen LogP contribution in [0.4, 0.5) is 0 Å². The van der Waals surface area contributed by atoms with E-state index in [-0.39, 0.29) is 0 Å². The Hall–Kier alpha value is -0.760. The number of rotatable bonds is 17. The number of ether oxygens (including phenoxy) is 1. The van der Waals surface area contributed by atoms with Gasteiger partial charge in [0.2, 0.25) is 0 Å². The Morgan fingerprint density at radius 3 is 2.47 bits per heavy atom. The molecule has 3 fully saturated rings. The second-order valence-corrected chi connectivity index (χ2v) is 17.9. The highest BCUT2D eigenvalue weighted by Gasteiger charge is 2.58. The molecular weight excluding hydrogens is 522 g/mol. The first-order chi connectivity index (χ1) is 20.4. The molecule has 2 heteroatoms. The molecule has 248 valence electrons. The maximum atomic E-state index is 6.53. The third-order valence-corrected chi connectivity index (χ3v) is 13.0. The molecule has 0 aromatic heterocycles. The van der Waals surface area contributed by atoms with Gasteiger partial charge in [-0.2, -0.15) is 0 Å². The summed E-state index contributed by atoms with van der Waals surface area (Å²) in [6.45, 7) is 23.8. The molecule has 0 aromatic carbocycles. The average molecular weight is 596 g/mol. The summed E-state index contributed by atoms with van der Waals surface area (Å²) >= 11 is 0. The molecule has 4 aliphatic carbocycles. The summed E-state index contributed by atoms with van der Waals surface area (Å²) < 4.78 is 6.53. The van der Waals surface area contributed by atoms with E-state index in [2.05, 4.69) is 66.4 Å². The fourth-order valence-corrected chi connectivity index (χ4v) is 10.3. The number of unbranched alkanes of at least 4 members (excludes halogenated alkanes) is 4. The zero-order valence-electron chi connectivity index (χ0n) is 30.0. The molecule has 2 nitrogen and oxygen atoms in total. The van der Waals surface area contributed by atoms with Crippen LogP contribution in [-0.2, 0) is 4.74 Å². The standard InChI is InChI=1S/C41H73NO/c1-31(2)16-12-13-18-33-20-22-37-36-21-19-34-30-35(23-26-41(34,8)38(36)24-27-40(33,37)7)43-32(3)17-11-9-10-14-28-42-29-15-25-39(4,5)6/h19,31,33,35-38,42H,3,9-18,20-30H2,1-2,4-8H3. The Balaban J connectivity index is 1.16. The molecule has 0 aliphatic heterocycles. The van der Waals surface area contributed by atoms with E-state index in [0.717, 1.165) is 48.2 Å². The lowest BCUT2D eigenvalue weighted by Crippen LogP contribution is -2.50. The summed E-state index contributed by atoms with van der Waals surface area (Å²) in [5.74, 6) is 5.69. The molecule has 0 heterocycles. The highest BCUT2D eigenvalue weighted by atomic mass is 16.5. The molecule has 0 bridgehead atoms. The summed E-state index contributed by atoms with van der Waals surface area (Å²) in [5, 5.41) is 3.63. The molecule has 0 radical (unpaired) electrons. The summed E-state index contributed by atoms with van der Waals surface area (Å²) in [6, 6.07) is 0. The van der Waals surface area contributed by atoms with Crippen molar-refractivity contribution in [2.75, 3.05) is 13.1 Å². The zero-order chi connectivity index (χ0) is 31.1. The third-order valence-electron chi connectivity index (χ3n) is 13.0. The van der Waals surface area contributed by atoms with Crippen molar-refractivity contribution in [3.05, 3.63) is 24.0 Å². The first-order valence-corrected chi connectivity index (χ1v) is 19.2. The number of hydrogen-bond donors (Lipinski definition) is 1. The van der Waals surface area contributed by atoms with Crippen molar-refractivity contribution in [2.24, 2.45) is 45.8 Å². The molecule has 0 aromatic rings. The SMILES string of the molecule is C=C(CCCCCCNCCCC(C)(C)C)OC1CCC2(C)C(=CCC3C2CCC2(C)C(CCCCC(C)C)CCC32)C1. The van der Waals surface area contributed by atoms with Crippen molar-refractivity contribution in [1.29, 1.82) is 0 Å². The molecule has 7 atom stereocenters. The molecular formula is C41H73NO. The van der Waals surface area contributed by atoms with E-state index in [0.29, 0.717) is 22.3 Å². The second kappa shape index (κ2) is 15.7. The predicted octanol–water partition coefficient (Wildman–Crippen LogP) is 12.0. The van der Waals surface area contributed by atoms with Gasteiger partial charge in [0, 0.05) is 12.8 Å². The van der Waals surface area contributed by atoms with Crippen molar-refractivity contribution in [3.8, 4) is 0 Å². The van der Waals surface area contributed by atoms with Gasteiger partial charge in [0.05, 0.1) is 5.76 Å². The first kappa shape index (κ1) is 35.1. The number of nitrogens with one attached hydrogen (secondary N) is 1. The van der Waals surface area contributed by atoms with Gasteiger partial charge in [-0.3, -0.25) is 0 Å². The van der Waals surface area contributed by atoms with Crippen LogP contribution >= 0.6 is 0 Å². The van der Waals surface area contributed by atoms with Crippen LogP contribution in [-0.4, -0.2) is 19.2 Å². The molecule has 0 saturated heterocycles. The third kappa shape index (κ3) is 9.39. The smallest absolute Gasteiger partial charge is 0.102 e. The van der Waals surface area contributed by atoms with Crippen LogP contribution in [0.15, 0.2) is 24.0 Å². The lowest BCUT2D eigenvalue weighted by Gasteiger charge is -2.58. The van der Waals surface area contributed by atoms with Crippen LogP contribution in [0.25, 0.3) is 0 Å². The van der Waals surface area contributed by atoms with E-state index in [1.165, 1.54) is 122 Å². The highest BCUT2D eigenvalue weighted by Crippen LogP contribution is 2.66. The van der Waals surface area contributed by atoms with E-state index < -0.39 is 0 Å². The summed E-state index contributed by atoms with van der Waals surface area (Å²) in [6.07, 6.45) is 28.6. The molecule has 0 amide bonds. The Labute approximate surface area is 269 Å². The summed E-state index contributed by atoms with van der Waals surface area (Å²) in [5.41, 5.74) is 3.24. The maximum Gasteiger partial charge on any atom is 0.102 e. The van der Waals surface area contributed by atoms with Crippen LogP contribution in [0.5, 0.6) is 0 Å². The maximum absolute atomic E-state index is 6.53. The topological polar surface area (TPSA) is 21.3 Å². The van der Waals surface area contributed by atoms with Gasteiger partial charge < -0.3 is 10.1 Å². The van der Waals surface area contributed by atoms with E-state index in [9.17, 15) is 0 Å². The first-order valence-electron chi connectivity index (χ1n) is 19.2. The van der Waals surface area contributed by atoms with Gasteiger partial charge in [-0.05, 0) is 136 Å². The van der Waals surface area contributed by atoms with Crippen molar-refractivity contribution >= 4 is 0 Å². The van der Waals surface area contributed by atoms with Crippen LogP contribution in [0.3, 0.4) is 0 Å². The van der Waals surface area contributed by atoms with Gasteiger partial charge in [-0.15, -0.1) is 0 Å². The quantitative estimate of drug-likeness (QED) is 0.103. The van der Waals surface area contributed by atoms with E-state index in [1.807, 2.05) is 0 Å². The Morgan fingerprint density at radius 1 is 0.930 bits per heavy atom. The van der Waals surface area contributed by atoms with E-state index in [4.69, 9.17) is 4.74 Å². The minimum atomic E-state index is 0.358. The summed E-state index contributed by atoms with van der Waals surface area (Å²) in [7, 11) is 0. The van der Waals surface area contributed by atoms with E-state index in [1.54, 1.807) is 5.57 Å². The van der Waals surface area contributed by atoms with Gasteiger partial charge >= 0.3 is 0 Å². The fraction of sp³-hybridized carbons (Fsp3) is 0.902. The predicted molar refractivity (Wildman–Crippen MR) is 187 cm³/mol. The fourth-order valence-electron chi connectivity index (χ4n) is 10.3. The molecule has 0 spiro atoms. The second-order valence-electron chi connectivity index (χ2n) is 17.9. The minimum Gasteiger partial charge on any atom is -0.495 e. The zero-order valence-corrected chi connectivity index (χ0v) is 30.0. The lowest BCUT2D eigenvalue weighted by atomic mass is 9.47. The van der Waals surface area contributed by atoms with Crippen LogP contribution < -0.4 is 5.32 Å². The molecule has 43 heavy (non-hydrogen) atoms. The number of hydrogen-bond acceptors (Lipinski definition) is 2. The Morgan fingerprint density at radius 2 is 1.70 bits per heavy atom. The van der Waals surface area contributed by atoms with Crippen molar-refractivity contribution < 1.29 is 4.74 Å². The Bertz CT molecular complexity index is 896. The monoisotopic (exact) mass is 596 g/mol. The lowest BCUT2D eigenvalue weighted by molar-refractivity contribution is -0.0535. The molecule has 3 saturated carbocycles. The van der Waals surface area contributed by atoms with Gasteiger partial charge in [0.25, 0.3) is 0 Å². The number of allylic oxidation sites excluding steroid dienone is 2. The largest absolute Gasteiger partial charge is 0.495 e. The molecule has 4 rings (SSSR count). The normalized spacial score (nSPS) is 34.0. The average Bonchev–Trinajstić information content (AvgIpc) is 3.27. The summed E-state index contributed by atoms with van der Waals surface area (Å²) in [4.78, 5) is 0.